The van der Waals surface area contributed by atoms with Crippen molar-refractivity contribution in [2.24, 2.45) is 0 Å². The summed E-state index contributed by atoms with van der Waals surface area (Å²) in [5, 5.41) is 0. The number of carbonyl (C=O) groups excluding carboxylic acids is 1. The van der Waals surface area contributed by atoms with Gasteiger partial charge in [-0.05, 0) is 43.2 Å². The molecule has 0 aliphatic carbocycles. The number of carbonyl (C=O) groups is 1. The van der Waals surface area contributed by atoms with Gasteiger partial charge in [-0.3, -0.25) is 4.79 Å². The third kappa shape index (κ3) is 2.23. The molecule has 3 rings (SSSR count). The molecule has 21 heavy (non-hydrogen) atoms. The lowest BCUT2D eigenvalue weighted by Gasteiger charge is -2.18. The summed E-state index contributed by atoms with van der Waals surface area (Å²) in [6.07, 6.45) is 0.802. The van der Waals surface area contributed by atoms with E-state index in [1.807, 2.05) is 37.3 Å². The maximum atomic E-state index is 12.7. The number of rotatable bonds is 2. The number of anilines is 2. The number of methoxy groups -OCH3 is 1. The van der Waals surface area contributed by atoms with Crippen LogP contribution in [0.1, 0.15) is 21.5 Å². The third-order valence-corrected chi connectivity index (χ3v) is 3.96. The van der Waals surface area contributed by atoms with Gasteiger partial charge in [0.2, 0.25) is 0 Å². The average Bonchev–Trinajstić information content (AvgIpc) is 2.92. The number of ether oxygens (including phenoxy) is 1. The van der Waals surface area contributed by atoms with E-state index in [0.29, 0.717) is 12.1 Å². The van der Waals surface area contributed by atoms with Crippen LogP contribution < -0.4 is 15.4 Å². The Labute approximate surface area is 124 Å². The average molecular weight is 282 g/mol. The van der Waals surface area contributed by atoms with Gasteiger partial charge in [0.05, 0.1) is 7.11 Å². The standard InChI is InChI=1S/C17H18N2O2/c1-11-6-7-12(10-16(11)21-2)17(20)19-9-8-13-14(18)4-3-5-15(13)19/h3-7,10H,8-9,18H2,1-2H3. The van der Waals surface area contributed by atoms with Crippen LogP contribution in [0.5, 0.6) is 5.75 Å². The molecular weight excluding hydrogens is 264 g/mol. The molecule has 0 spiro atoms. The zero-order chi connectivity index (χ0) is 15.0. The second-order valence-electron chi connectivity index (χ2n) is 5.24. The van der Waals surface area contributed by atoms with Gasteiger partial charge in [-0.1, -0.05) is 12.1 Å². The number of fused-ring (bicyclic) bond motifs is 1. The van der Waals surface area contributed by atoms with Gasteiger partial charge in [-0.15, -0.1) is 0 Å². The first-order valence-electron chi connectivity index (χ1n) is 6.95. The molecule has 108 valence electrons. The van der Waals surface area contributed by atoms with Crippen molar-refractivity contribution < 1.29 is 9.53 Å². The number of nitrogens with zero attached hydrogens (tertiary/aromatic N) is 1. The molecule has 1 amide bonds. The highest BCUT2D eigenvalue weighted by Crippen LogP contribution is 2.33. The molecule has 4 nitrogen and oxygen atoms in total. The molecular formula is C17H18N2O2. The minimum atomic E-state index is -0.0161. The molecule has 1 aliphatic rings. The predicted octanol–water partition coefficient (Wildman–Crippen LogP) is 2.79. The van der Waals surface area contributed by atoms with Crippen LogP contribution in [-0.2, 0) is 6.42 Å². The minimum absolute atomic E-state index is 0.0161. The van der Waals surface area contributed by atoms with Gasteiger partial charge in [0, 0.05) is 29.0 Å². The highest BCUT2D eigenvalue weighted by Gasteiger charge is 2.27. The SMILES string of the molecule is COc1cc(C(=O)N2CCc3c(N)cccc32)ccc1C. The number of hydrogen-bond donors (Lipinski definition) is 1. The van der Waals surface area contributed by atoms with Gasteiger partial charge in [-0.2, -0.15) is 0 Å². The molecule has 0 radical (unpaired) electrons. The van der Waals surface area contributed by atoms with Crippen molar-refractivity contribution in [2.75, 3.05) is 24.3 Å². The molecule has 2 N–H and O–H groups in total. The van der Waals surface area contributed by atoms with Gasteiger partial charge >= 0.3 is 0 Å². The minimum Gasteiger partial charge on any atom is -0.496 e. The maximum absolute atomic E-state index is 12.7. The lowest BCUT2D eigenvalue weighted by atomic mass is 10.1. The Hall–Kier alpha value is -2.49. The molecule has 0 atom stereocenters. The summed E-state index contributed by atoms with van der Waals surface area (Å²) in [5.41, 5.74) is 10.4. The predicted molar refractivity (Wildman–Crippen MR) is 84.0 cm³/mol. The van der Waals surface area contributed by atoms with Crippen molar-refractivity contribution in [3.63, 3.8) is 0 Å². The van der Waals surface area contributed by atoms with Gasteiger partial charge in [0.15, 0.2) is 0 Å². The first-order valence-corrected chi connectivity index (χ1v) is 6.95. The van der Waals surface area contributed by atoms with Crippen molar-refractivity contribution in [2.45, 2.75) is 13.3 Å². The first-order chi connectivity index (χ1) is 10.1. The van der Waals surface area contributed by atoms with E-state index in [-0.39, 0.29) is 5.91 Å². The normalized spacial score (nSPS) is 13.1. The summed E-state index contributed by atoms with van der Waals surface area (Å²) < 4.78 is 5.30. The van der Waals surface area contributed by atoms with E-state index in [1.165, 1.54) is 0 Å². The summed E-state index contributed by atoms with van der Waals surface area (Å²) in [7, 11) is 1.61. The van der Waals surface area contributed by atoms with Gasteiger partial charge in [0.25, 0.3) is 5.91 Å². The highest BCUT2D eigenvalue weighted by atomic mass is 16.5. The van der Waals surface area contributed by atoms with Crippen LogP contribution in [0.25, 0.3) is 0 Å². The van der Waals surface area contributed by atoms with Crippen molar-refractivity contribution in [3.05, 3.63) is 53.1 Å². The molecule has 1 heterocycles. The van der Waals surface area contributed by atoms with E-state index in [4.69, 9.17) is 10.5 Å². The second kappa shape index (κ2) is 5.13. The Kier molecular flexibility index (Phi) is 3.29. The molecule has 1 aliphatic heterocycles. The highest BCUT2D eigenvalue weighted by molar-refractivity contribution is 6.08. The van der Waals surface area contributed by atoms with Crippen LogP contribution >= 0.6 is 0 Å². The lowest BCUT2D eigenvalue weighted by Crippen LogP contribution is -2.28. The third-order valence-electron chi connectivity index (χ3n) is 3.96. The van der Waals surface area contributed by atoms with Crippen molar-refractivity contribution in [1.29, 1.82) is 0 Å². The largest absolute Gasteiger partial charge is 0.496 e. The lowest BCUT2D eigenvalue weighted by molar-refractivity contribution is 0.0989. The smallest absolute Gasteiger partial charge is 0.258 e. The number of benzene rings is 2. The molecule has 0 unspecified atom stereocenters. The van der Waals surface area contributed by atoms with Gasteiger partial charge in [-0.25, -0.2) is 0 Å². The monoisotopic (exact) mass is 282 g/mol. The van der Waals surface area contributed by atoms with Crippen LogP contribution in [0, 0.1) is 6.92 Å². The quantitative estimate of drug-likeness (QED) is 0.862. The van der Waals surface area contributed by atoms with Crippen LogP contribution in [0.15, 0.2) is 36.4 Å². The number of nitrogens with two attached hydrogens (primary N) is 1. The van der Waals surface area contributed by atoms with Crippen molar-refractivity contribution >= 4 is 17.3 Å². The van der Waals surface area contributed by atoms with Crippen LogP contribution in [0.2, 0.25) is 0 Å². The molecule has 0 fully saturated rings. The van der Waals surface area contributed by atoms with E-state index in [9.17, 15) is 4.79 Å². The van der Waals surface area contributed by atoms with Gasteiger partial charge < -0.3 is 15.4 Å². The first kappa shape index (κ1) is 13.5. The molecule has 0 saturated heterocycles. The molecule has 4 heteroatoms. The van der Waals surface area contributed by atoms with Crippen LogP contribution in [-0.4, -0.2) is 19.6 Å². The molecule has 2 aromatic carbocycles. The summed E-state index contributed by atoms with van der Waals surface area (Å²) in [6.45, 7) is 2.62. The van der Waals surface area contributed by atoms with Crippen LogP contribution in [0.4, 0.5) is 11.4 Å². The fourth-order valence-electron chi connectivity index (χ4n) is 2.78. The van der Waals surface area contributed by atoms with E-state index in [0.717, 1.165) is 34.7 Å². The van der Waals surface area contributed by atoms with E-state index < -0.39 is 0 Å². The van der Waals surface area contributed by atoms with Gasteiger partial charge in [0.1, 0.15) is 5.75 Å². The zero-order valence-corrected chi connectivity index (χ0v) is 12.2. The molecule has 0 aromatic heterocycles. The Morgan fingerprint density at radius 2 is 2.10 bits per heavy atom. The summed E-state index contributed by atoms with van der Waals surface area (Å²) in [4.78, 5) is 14.5. The summed E-state index contributed by atoms with van der Waals surface area (Å²) >= 11 is 0. The fourth-order valence-corrected chi connectivity index (χ4v) is 2.78. The maximum Gasteiger partial charge on any atom is 0.258 e. The Morgan fingerprint density at radius 1 is 1.29 bits per heavy atom. The van der Waals surface area contributed by atoms with E-state index >= 15 is 0 Å². The Bertz CT molecular complexity index is 710. The topological polar surface area (TPSA) is 55.6 Å². The molecule has 2 aromatic rings. The Balaban J connectivity index is 1.96. The zero-order valence-electron chi connectivity index (χ0n) is 12.2. The summed E-state index contributed by atoms with van der Waals surface area (Å²) in [6, 6.07) is 11.2. The molecule has 0 saturated carbocycles. The van der Waals surface area contributed by atoms with E-state index in [1.54, 1.807) is 18.1 Å². The van der Waals surface area contributed by atoms with Crippen molar-refractivity contribution in [1.82, 2.24) is 0 Å². The number of nitrogen functional groups attached to an aromatic ring is 1. The number of amides is 1. The fraction of sp³-hybridized carbons (Fsp3) is 0.235. The van der Waals surface area contributed by atoms with Crippen LogP contribution in [0.3, 0.4) is 0 Å². The molecule has 0 bridgehead atoms. The number of hydrogen-bond acceptors (Lipinski definition) is 3. The number of aryl methyl sites for hydroxylation is 1. The summed E-state index contributed by atoms with van der Waals surface area (Å²) in [5.74, 6) is 0.713. The van der Waals surface area contributed by atoms with E-state index in [2.05, 4.69) is 0 Å². The second-order valence-corrected chi connectivity index (χ2v) is 5.24. The Morgan fingerprint density at radius 3 is 2.86 bits per heavy atom. The van der Waals surface area contributed by atoms with Crippen molar-refractivity contribution in [3.8, 4) is 5.75 Å².